The molecule has 0 aliphatic carbocycles. The molecule has 0 heterocycles. The summed E-state index contributed by atoms with van der Waals surface area (Å²) < 4.78 is 11.5. The fraction of sp³-hybridized carbons (Fsp3) is 0.261. The molecule has 0 spiro atoms. The molecule has 0 aliphatic rings. The molecule has 146 valence electrons. The summed E-state index contributed by atoms with van der Waals surface area (Å²) in [5.41, 5.74) is 0.999. The summed E-state index contributed by atoms with van der Waals surface area (Å²) in [6.45, 7) is 4.61. The second-order valence-corrected chi connectivity index (χ2v) is 6.98. The summed E-state index contributed by atoms with van der Waals surface area (Å²) in [6, 6.07) is 19.4. The molecule has 0 saturated carbocycles. The number of fused-ring (bicyclic) bond motifs is 1. The van der Waals surface area contributed by atoms with Gasteiger partial charge in [0, 0.05) is 5.02 Å². The first-order valence-electron chi connectivity index (χ1n) is 9.39. The van der Waals surface area contributed by atoms with Gasteiger partial charge < -0.3 is 14.8 Å². The maximum atomic E-state index is 12.4. The Morgan fingerprint density at radius 1 is 1.04 bits per heavy atom. The van der Waals surface area contributed by atoms with E-state index in [1.165, 1.54) is 0 Å². The molecule has 0 fully saturated rings. The van der Waals surface area contributed by atoms with Crippen molar-refractivity contribution in [3.8, 4) is 11.5 Å². The number of aryl methyl sites for hydroxylation is 1. The minimum Gasteiger partial charge on any atom is -0.492 e. The number of carbonyl (C=O) groups is 1. The van der Waals surface area contributed by atoms with Gasteiger partial charge in [0.15, 0.2) is 6.10 Å². The summed E-state index contributed by atoms with van der Waals surface area (Å²) in [5.74, 6) is 1.22. The monoisotopic (exact) mass is 397 g/mol. The molecule has 0 aliphatic heterocycles. The van der Waals surface area contributed by atoms with E-state index in [4.69, 9.17) is 21.1 Å². The van der Waals surface area contributed by atoms with Crippen molar-refractivity contribution in [3.05, 3.63) is 71.2 Å². The first-order chi connectivity index (χ1) is 13.6. The molecule has 0 unspecified atom stereocenters. The fourth-order valence-corrected chi connectivity index (χ4v) is 3.02. The van der Waals surface area contributed by atoms with Gasteiger partial charge in [0.25, 0.3) is 5.91 Å². The molecule has 0 aromatic heterocycles. The van der Waals surface area contributed by atoms with Crippen molar-refractivity contribution >= 4 is 28.3 Å². The Kier molecular flexibility index (Phi) is 6.77. The van der Waals surface area contributed by atoms with Crippen LogP contribution in [-0.2, 0) is 4.79 Å². The van der Waals surface area contributed by atoms with Gasteiger partial charge >= 0.3 is 0 Å². The number of carbonyl (C=O) groups excluding carboxylic acids is 1. The Labute approximate surface area is 170 Å². The van der Waals surface area contributed by atoms with E-state index in [9.17, 15) is 4.79 Å². The Morgan fingerprint density at radius 3 is 2.54 bits per heavy atom. The van der Waals surface area contributed by atoms with E-state index in [1.54, 1.807) is 6.07 Å². The van der Waals surface area contributed by atoms with Crippen LogP contribution in [0.3, 0.4) is 0 Å². The minimum atomic E-state index is -0.546. The van der Waals surface area contributed by atoms with Gasteiger partial charge in [0.05, 0.1) is 6.54 Å². The molecular weight excluding hydrogens is 374 g/mol. The quantitative estimate of drug-likeness (QED) is 0.534. The van der Waals surface area contributed by atoms with Crippen LogP contribution in [0, 0.1) is 6.92 Å². The van der Waals surface area contributed by atoms with Crippen molar-refractivity contribution < 1.29 is 14.3 Å². The average Bonchev–Trinajstić information content (AvgIpc) is 2.71. The smallest absolute Gasteiger partial charge is 0.261 e. The SMILES string of the molecule is CC[C@H](Oc1ccc2ccccc2c1)C(=O)NCCOc1ccc(C)c(Cl)c1. The van der Waals surface area contributed by atoms with Crippen LogP contribution in [-0.4, -0.2) is 25.2 Å². The number of hydrogen-bond donors (Lipinski definition) is 1. The highest BCUT2D eigenvalue weighted by Gasteiger charge is 2.18. The lowest BCUT2D eigenvalue weighted by Crippen LogP contribution is -2.39. The Hall–Kier alpha value is -2.72. The number of rotatable bonds is 8. The normalized spacial score (nSPS) is 11.8. The maximum Gasteiger partial charge on any atom is 0.261 e. The zero-order valence-electron chi connectivity index (χ0n) is 16.1. The van der Waals surface area contributed by atoms with Gasteiger partial charge in [-0.15, -0.1) is 0 Å². The largest absolute Gasteiger partial charge is 0.492 e. The van der Waals surface area contributed by atoms with Crippen LogP contribution < -0.4 is 14.8 Å². The molecule has 5 heteroatoms. The molecule has 3 rings (SSSR count). The van der Waals surface area contributed by atoms with Gasteiger partial charge in [0.1, 0.15) is 18.1 Å². The number of ether oxygens (including phenoxy) is 2. The van der Waals surface area contributed by atoms with Crippen LogP contribution in [0.5, 0.6) is 11.5 Å². The lowest BCUT2D eigenvalue weighted by Gasteiger charge is -2.18. The molecular formula is C23H24ClNO3. The van der Waals surface area contributed by atoms with Crippen LogP contribution in [0.15, 0.2) is 60.7 Å². The van der Waals surface area contributed by atoms with Crippen LogP contribution >= 0.6 is 11.6 Å². The number of halogens is 1. The second-order valence-electron chi connectivity index (χ2n) is 6.57. The Morgan fingerprint density at radius 2 is 1.79 bits per heavy atom. The van der Waals surface area contributed by atoms with Crippen molar-refractivity contribution in [1.82, 2.24) is 5.32 Å². The van der Waals surface area contributed by atoms with Gasteiger partial charge in [-0.25, -0.2) is 0 Å². The summed E-state index contributed by atoms with van der Waals surface area (Å²) in [5, 5.41) is 5.75. The third-order valence-corrected chi connectivity index (χ3v) is 4.88. The van der Waals surface area contributed by atoms with Gasteiger partial charge in [-0.05, 0) is 53.9 Å². The van der Waals surface area contributed by atoms with Crippen molar-refractivity contribution in [3.63, 3.8) is 0 Å². The van der Waals surface area contributed by atoms with Crippen LogP contribution in [0.25, 0.3) is 10.8 Å². The Balaban J connectivity index is 1.50. The first kappa shape index (κ1) is 20.0. The Bertz CT molecular complexity index is 957. The zero-order valence-corrected chi connectivity index (χ0v) is 16.8. The molecule has 3 aromatic carbocycles. The molecule has 1 atom stereocenters. The van der Waals surface area contributed by atoms with Crippen molar-refractivity contribution in [1.29, 1.82) is 0 Å². The highest BCUT2D eigenvalue weighted by atomic mass is 35.5. The minimum absolute atomic E-state index is 0.152. The van der Waals surface area contributed by atoms with E-state index in [1.807, 2.05) is 68.4 Å². The number of hydrogen-bond acceptors (Lipinski definition) is 3. The van der Waals surface area contributed by atoms with Gasteiger partial charge in [-0.1, -0.05) is 54.9 Å². The van der Waals surface area contributed by atoms with E-state index in [2.05, 4.69) is 5.32 Å². The first-order valence-corrected chi connectivity index (χ1v) is 9.76. The third kappa shape index (κ3) is 5.17. The highest BCUT2D eigenvalue weighted by Crippen LogP contribution is 2.22. The summed E-state index contributed by atoms with van der Waals surface area (Å²) in [7, 11) is 0. The maximum absolute atomic E-state index is 12.4. The highest BCUT2D eigenvalue weighted by molar-refractivity contribution is 6.31. The van der Waals surface area contributed by atoms with Gasteiger partial charge in [-0.2, -0.15) is 0 Å². The predicted octanol–water partition coefficient (Wildman–Crippen LogP) is 5.15. The fourth-order valence-electron chi connectivity index (χ4n) is 2.85. The number of amides is 1. The molecule has 4 nitrogen and oxygen atoms in total. The van der Waals surface area contributed by atoms with Crippen LogP contribution in [0.4, 0.5) is 0 Å². The van der Waals surface area contributed by atoms with Crippen molar-refractivity contribution in [2.75, 3.05) is 13.2 Å². The molecule has 0 bridgehead atoms. The molecule has 1 amide bonds. The molecule has 1 N–H and O–H groups in total. The summed E-state index contributed by atoms with van der Waals surface area (Å²) in [6.07, 6.45) is 0.0302. The number of benzene rings is 3. The van der Waals surface area contributed by atoms with E-state index >= 15 is 0 Å². The van der Waals surface area contributed by atoms with Gasteiger partial charge in [-0.3, -0.25) is 4.79 Å². The van der Waals surface area contributed by atoms with Crippen LogP contribution in [0.1, 0.15) is 18.9 Å². The predicted molar refractivity (Wildman–Crippen MR) is 113 cm³/mol. The van der Waals surface area contributed by atoms with E-state index in [0.29, 0.717) is 36.1 Å². The third-order valence-electron chi connectivity index (χ3n) is 4.48. The number of nitrogens with one attached hydrogen (secondary N) is 1. The topological polar surface area (TPSA) is 47.6 Å². The average molecular weight is 398 g/mol. The molecule has 0 saturated heterocycles. The summed E-state index contributed by atoms with van der Waals surface area (Å²) in [4.78, 5) is 12.4. The van der Waals surface area contributed by atoms with Crippen molar-refractivity contribution in [2.45, 2.75) is 26.4 Å². The van der Waals surface area contributed by atoms with E-state index < -0.39 is 6.10 Å². The van der Waals surface area contributed by atoms with E-state index in [0.717, 1.165) is 16.3 Å². The lowest BCUT2D eigenvalue weighted by molar-refractivity contribution is -0.128. The molecule has 0 radical (unpaired) electrons. The second kappa shape index (κ2) is 9.47. The molecule has 28 heavy (non-hydrogen) atoms. The zero-order chi connectivity index (χ0) is 19.9. The van der Waals surface area contributed by atoms with Crippen LogP contribution in [0.2, 0.25) is 5.02 Å². The lowest BCUT2D eigenvalue weighted by atomic mass is 10.1. The molecule has 3 aromatic rings. The van der Waals surface area contributed by atoms with Gasteiger partial charge in [0.2, 0.25) is 0 Å². The standard InChI is InChI=1S/C23H24ClNO3/c1-3-22(28-20-11-9-17-6-4-5-7-18(17)14-20)23(26)25-12-13-27-19-10-8-16(2)21(24)15-19/h4-11,14-15,22H,3,12-13H2,1-2H3,(H,25,26)/t22-/m0/s1. The summed E-state index contributed by atoms with van der Waals surface area (Å²) >= 11 is 6.08. The van der Waals surface area contributed by atoms with Crippen molar-refractivity contribution in [2.24, 2.45) is 0 Å². The van der Waals surface area contributed by atoms with E-state index in [-0.39, 0.29) is 5.91 Å².